The lowest BCUT2D eigenvalue weighted by Crippen LogP contribution is -2.29. The van der Waals surface area contributed by atoms with Crippen molar-refractivity contribution in [1.82, 2.24) is 5.32 Å². The van der Waals surface area contributed by atoms with Gasteiger partial charge < -0.3 is 14.8 Å². The number of hydrogen-bond acceptors (Lipinski definition) is 3. The van der Waals surface area contributed by atoms with Crippen LogP contribution in [0.1, 0.15) is 12.0 Å². The van der Waals surface area contributed by atoms with Gasteiger partial charge in [0.05, 0.1) is 11.6 Å². The number of hydrogen-bond donors (Lipinski definition) is 1. The van der Waals surface area contributed by atoms with Crippen LogP contribution in [-0.2, 0) is 11.2 Å². The van der Waals surface area contributed by atoms with Crippen LogP contribution < -0.4 is 14.8 Å². The average Bonchev–Trinajstić information content (AvgIpc) is 2.58. The molecule has 2 aromatic rings. The van der Waals surface area contributed by atoms with Crippen LogP contribution in [0.2, 0.25) is 5.02 Å². The molecule has 0 saturated heterocycles. The first-order chi connectivity index (χ1) is 11.6. The minimum atomic E-state index is -0.147. The molecule has 0 aliphatic heterocycles. The summed E-state index contributed by atoms with van der Waals surface area (Å²) in [5.74, 6) is 1.29. The second-order valence-corrected chi connectivity index (χ2v) is 6.46. The molecule has 0 aromatic heterocycles. The Morgan fingerprint density at radius 1 is 1.21 bits per heavy atom. The highest BCUT2D eigenvalue weighted by atomic mass is 79.9. The zero-order valence-corrected chi connectivity index (χ0v) is 15.7. The van der Waals surface area contributed by atoms with E-state index >= 15 is 0 Å². The number of ether oxygens (including phenoxy) is 2. The number of carbonyl (C=O) groups is 1. The van der Waals surface area contributed by atoms with Crippen LogP contribution in [0.15, 0.2) is 46.9 Å². The first kappa shape index (κ1) is 18.6. The molecule has 0 bridgehead atoms. The van der Waals surface area contributed by atoms with Crippen LogP contribution in [0.3, 0.4) is 0 Å². The summed E-state index contributed by atoms with van der Waals surface area (Å²) in [6.07, 6.45) is 1.76. The van der Waals surface area contributed by atoms with Crippen molar-refractivity contribution < 1.29 is 14.3 Å². The number of nitrogens with one attached hydrogen (secondary N) is 1. The van der Waals surface area contributed by atoms with Crippen LogP contribution >= 0.6 is 27.5 Å². The van der Waals surface area contributed by atoms with Gasteiger partial charge in [0, 0.05) is 11.6 Å². The highest BCUT2D eigenvalue weighted by Crippen LogP contribution is 2.27. The van der Waals surface area contributed by atoms with Gasteiger partial charge in [0.25, 0.3) is 5.91 Å². The zero-order chi connectivity index (χ0) is 17.4. The van der Waals surface area contributed by atoms with Gasteiger partial charge in [-0.05, 0) is 64.7 Å². The van der Waals surface area contributed by atoms with Gasteiger partial charge in [0.15, 0.2) is 6.61 Å². The predicted molar refractivity (Wildman–Crippen MR) is 99.0 cm³/mol. The van der Waals surface area contributed by atoms with E-state index in [0.29, 0.717) is 17.3 Å². The smallest absolute Gasteiger partial charge is 0.257 e. The molecule has 0 saturated carbocycles. The Balaban J connectivity index is 1.65. The molecule has 0 radical (unpaired) electrons. The second-order valence-electron chi connectivity index (χ2n) is 5.17. The van der Waals surface area contributed by atoms with Gasteiger partial charge in [0.1, 0.15) is 11.5 Å². The van der Waals surface area contributed by atoms with Crippen molar-refractivity contribution in [2.24, 2.45) is 0 Å². The third kappa shape index (κ3) is 6.06. The topological polar surface area (TPSA) is 47.6 Å². The van der Waals surface area contributed by atoms with Crippen LogP contribution in [-0.4, -0.2) is 26.2 Å². The van der Waals surface area contributed by atoms with E-state index in [-0.39, 0.29) is 12.5 Å². The molecule has 0 aliphatic carbocycles. The fourth-order valence-corrected chi connectivity index (χ4v) is 2.90. The Kier molecular flexibility index (Phi) is 7.40. The third-order valence-electron chi connectivity index (χ3n) is 3.38. The quantitative estimate of drug-likeness (QED) is 0.660. The summed E-state index contributed by atoms with van der Waals surface area (Å²) in [5, 5.41) is 3.46. The van der Waals surface area contributed by atoms with Crippen molar-refractivity contribution >= 4 is 33.4 Å². The molecule has 1 N–H and O–H groups in total. The molecule has 1 amide bonds. The lowest BCUT2D eigenvalue weighted by Gasteiger charge is -2.09. The van der Waals surface area contributed by atoms with Crippen molar-refractivity contribution in [2.75, 3.05) is 20.3 Å². The Morgan fingerprint density at radius 3 is 2.62 bits per heavy atom. The molecule has 6 heteroatoms. The normalized spacial score (nSPS) is 10.3. The first-order valence-electron chi connectivity index (χ1n) is 7.56. The summed E-state index contributed by atoms with van der Waals surface area (Å²) in [7, 11) is 1.65. The van der Waals surface area contributed by atoms with Gasteiger partial charge >= 0.3 is 0 Å². The number of carbonyl (C=O) groups excluding carboxylic acids is 1. The minimum Gasteiger partial charge on any atom is -0.497 e. The van der Waals surface area contributed by atoms with E-state index in [2.05, 4.69) is 21.2 Å². The van der Waals surface area contributed by atoms with E-state index in [9.17, 15) is 4.79 Å². The maximum absolute atomic E-state index is 11.8. The lowest BCUT2D eigenvalue weighted by atomic mass is 10.1. The van der Waals surface area contributed by atoms with E-state index in [1.54, 1.807) is 25.3 Å². The summed E-state index contributed by atoms with van der Waals surface area (Å²) < 4.78 is 11.3. The predicted octanol–water partition coefficient (Wildman–Crippen LogP) is 4.24. The fraction of sp³-hybridized carbons (Fsp3) is 0.278. The zero-order valence-electron chi connectivity index (χ0n) is 13.4. The van der Waals surface area contributed by atoms with Gasteiger partial charge in [-0.2, -0.15) is 0 Å². The lowest BCUT2D eigenvalue weighted by molar-refractivity contribution is -0.123. The van der Waals surface area contributed by atoms with Gasteiger partial charge in [-0.1, -0.05) is 23.7 Å². The van der Waals surface area contributed by atoms with Crippen LogP contribution in [0.4, 0.5) is 0 Å². The highest BCUT2D eigenvalue weighted by Gasteiger charge is 2.06. The largest absolute Gasteiger partial charge is 0.497 e. The standard InChI is InChI=1S/C18H19BrClNO3/c1-23-15-7-4-13(5-8-15)3-2-10-21-18(22)12-24-17-9-6-14(20)11-16(17)19/h4-9,11H,2-3,10,12H2,1H3,(H,21,22). The summed E-state index contributed by atoms with van der Waals surface area (Å²) in [6.45, 7) is 0.582. The molecule has 24 heavy (non-hydrogen) atoms. The number of methoxy groups -OCH3 is 1. The van der Waals surface area contributed by atoms with Gasteiger partial charge in [-0.15, -0.1) is 0 Å². The maximum atomic E-state index is 11.8. The number of aryl methyl sites for hydroxylation is 1. The Morgan fingerprint density at radius 2 is 1.96 bits per heavy atom. The number of halogens is 2. The highest BCUT2D eigenvalue weighted by molar-refractivity contribution is 9.10. The summed E-state index contributed by atoms with van der Waals surface area (Å²) in [4.78, 5) is 11.8. The second kappa shape index (κ2) is 9.55. The molecular formula is C18H19BrClNO3. The van der Waals surface area contributed by atoms with Crippen molar-refractivity contribution in [3.05, 3.63) is 57.5 Å². The molecule has 4 nitrogen and oxygen atoms in total. The van der Waals surface area contributed by atoms with Crippen molar-refractivity contribution in [3.63, 3.8) is 0 Å². The molecule has 0 spiro atoms. The average molecular weight is 413 g/mol. The number of amides is 1. The molecule has 2 aromatic carbocycles. The van der Waals surface area contributed by atoms with Crippen LogP contribution in [0, 0.1) is 0 Å². The van der Waals surface area contributed by atoms with E-state index < -0.39 is 0 Å². The molecule has 0 unspecified atom stereocenters. The number of rotatable bonds is 8. The van der Waals surface area contributed by atoms with Crippen LogP contribution in [0.5, 0.6) is 11.5 Å². The SMILES string of the molecule is COc1ccc(CCCNC(=O)COc2ccc(Cl)cc2Br)cc1. The van der Waals surface area contributed by atoms with Gasteiger partial charge in [0.2, 0.25) is 0 Å². The summed E-state index contributed by atoms with van der Waals surface area (Å²) in [6, 6.07) is 13.1. The van der Waals surface area contributed by atoms with E-state index in [1.165, 1.54) is 5.56 Å². The molecule has 0 atom stereocenters. The monoisotopic (exact) mass is 411 g/mol. The van der Waals surface area contributed by atoms with Gasteiger partial charge in [-0.3, -0.25) is 4.79 Å². The summed E-state index contributed by atoms with van der Waals surface area (Å²) >= 11 is 9.21. The van der Waals surface area contributed by atoms with E-state index in [1.807, 2.05) is 24.3 Å². The van der Waals surface area contributed by atoms with Gasteiger partial charge in [-0.25, -0.2) is 0 Å². The Labute approximate surface area is 155 Å². The maximum Gasteiger partial charge on any atom is 0.257 e. The first-order valence-corrected chi connectivity index (χ1v) is 8.73. The molecule has 128 valence electrons. The Hall–Kier alpha value is -1.72. The van der Waals surface area contributed by atoms with Crippen molar-refractivity contribution in [1.29, 1.82) is 0 Å². The van der Waals surface area contributed by atoms with E-state index in [4.69, 9.17) is 21.1 Å². The molecule has 0 aliphatic rings. The van der Waals surface area contributed by atoms with E-state index in [0.717, 1.165) is 23.1 Å². The summed E-state index contributed by atoms with van der Waals surface area (Å²) in [5.41, 5.74) is 1.21. The Bertz CT molecular complexity index is 676. The molecule has 0 heterocycles. The third-order valence-corrected chi connectivity index (χ3v) is 4.23. The fourth-order valence-electron chi connectivity index (χ4n) is 2.10. The molecule has 0 fully saturated rings. The molecule has 2 rings (SSSR count). The minimum absolute atomic E-state index is 0.0250. The van der Waals surface area contributed by atoms with Crippen molar-refractivity contribution in [3.8, 4) is 11.5 Å². The number of benzene rings is 2. The molecular weight excluding hydrogens is 394 g/mol. The van der Waals surface area contributed by atoms with Crippen LogP contribution in [0.25, 0.3) is 0 Å². The van der Waals surface area contributed by atoms with Crippen molar-refractivity contribution in [2.45, 2.75) is 12.8 Å².